The fourth-order valence-corrected chi connectivity index (χ4v) is 3.69. The van der Waals surface area contributed by atoms with Gasteiger partial charge in [-0.2, -0.15) is 0 Å². The lowest BCUT2D eigenvalue weighted by atomic mass is 10.0. The van der Waals surface area contributed by atoms with Crippen LogP contribution in [0.15, 0.2) is 62.5 Å². The molecule has 0 radical (unpaired) electrons. The van der Waals surface area contributed by atoms with Gasteiger partial charge < -0.3 is 14.8 Å². The van der Waals surface area contributed by atoms with Gasteiger partial charge in [0.05, 0.1) is 11.4 Å². The average Bonchev–Trinajstić information content (AvgIpc) is 2.94. The number of nitrogens with one attached hydrogen (secondary N) is 1. The number of nitrogens with zero attached hydrogens (tertiary/aromatic N) is 2. The molecule has 0 spiro atoms. The molecule has 0 amide bonds. The Bertz CT molecular complexity index is 1350. The van der Waals surface area contributed by atoms with E-state index in [9.17, 15) is 14.7 Å². The van der Waals surface area contributed by atoms with E-state index < -0.39 is 5.63 Å². The Morgan fingerprint density at radius 3 is 2.50 bits per heavy atom. The highest BCUT2D eigenvalue weighted by molar-refractivity contribution is 5.83. The molecule has 0 saturated heterocycles. The van der Waals surface area contributed by atoms with Crippen LogP contribution in [0, 0.1) is 6.92 Å². The smallest absolute Gasteiger partial charge is 0.336 e. The summed E-state index contributed by atoms with van der Waals surface area (Å²) in [6.45, 7) is 4.08. The summed E-state index contributed by atoms with van der Waals surface area (Å²) in [6, 6.07) is 14.1. The molecule has 2 aromatic carbocycles. The standard InChI is InChI=1S/C23H23N3O4/c1-4-15-10-18-16(11-21(28)30-20(18)12-19(15)27)13-24-22-14(2)25(3)26(23(22)29)17-8-6-5-7-9-17/h5-12,24,27H,4,13H2,1-3H3. The molecule has 0 aliphatic carbocycles. The van der Waals surface area contributed by atoms with Gasteiger partial charge in [0.1, 0.15) is 17.0 Å². The Morgan fingerprint density at radius 2 is 1.80 bits per heavy atom. The molecule has 0 atom stereocenters. The van der Waals surface area contributed by atoms with Gasteiger partial charge in [-0.25, -0.2) is 9.48 Å². The molecule has 4 rings (SSSR count). The molecular formula is C23H23N3O4. The van der Waals surface area contributed by atoms with Crippen LogP contribution in [0.2, 0.25) is 0 Å². The van der Waals surface area contributed by atoms with E-state index in [1.54, 1.807) is 9.36 Å². The number of hydrogen-bond donors (Lipinski definition) is 2. The maximum Gasteiger partial charge on any atom is 0.336 e. The number of benzene rings is 2. The van der Waals surface area contributed by atoms with Crippen molar-refractivity contribution in [2.75, 3.05) is 5.32 Å². The predicted molar refractivity (Wildman–Crippen MR) is 117 cm³/mol. The molecule has 2 aromatic heterocycles. The average molecular weight is 405 g/mol. The molecule has 0 aliphatic rings. The molecule has 30 heavy (non-hydrogen) atoms. The lowest BCUT2D eigenvalue weighted by Crippen LogP contribution is -2.21. The number of para-hydroxylation sites is 1. The van der Waals surface area contributed by atoms with Gasteiger partial charge in [0.2, 0.25) is 0 Å². The molecule has 7 heteroatoms. The van der Waals surface area contributed by atoms with E-state index in [-0.39, 0.29) is 17.9 Å². The van der Waals surface area contributed by atoms with Crippen LogP contribution in [0.3, 0.4) is 0 Å². The Morgan fingerprint density at radius 1 is 1.07 bits per heavy atom. The number of aryl methyl sites for hydroxylation is 1. The Balaban J connectivity index is 1.75. The highest BCUT2D eigenvalue weighted by Crippen LogP contribution is 2.27. The van der Waals surface area contributed by atoms with E-state index in [1.165, 1.54) is 12.1 Å². The summed E-state index contributed by atoms with van der Waals surface area (Å²) in [5.74, 6) is 0.0999. The maximum absolute atomic E-state index is 13.1. The van der Waals surface area contributed by atoms with Gasteiger partial charge in [0.15, 0.2) is 0 Å². The summed E-state index contributed by atoms with van der Waals surface area (Å²) < 4.78 is 8.65. The third-order valence-electron chi connectivity index (χ3n) is 5.42. The van der Waals surface area contributed by atoms with Crippen LogP contribution in [0.4, 0.5) is 5.69 Å². The first kappa shape index (κ1) is 19.6. The minimum Gasteiger partial charge on any atom is -0.508 e. The van der Waals surface area contributed by atoms with Crippen molar-refractivity contribution in [2.45, 2.75) is 26.8 Å². The van der Waals surface area contributed by atoms with Gasteiger partial charge in [-0.3, -0.25) is 9.48 Å². The topological polar surface area (TPSA) is 89.4 Å². The molecule has 4 aromatic rings. The lowest BCUT2D eigenvalue weighted by molar-refractivity contribution is 0.466. The Labute approximate surface area is 172 Å². The zero-order valence-corrected chi connectivity index (χ0v) is 17.1. The number of fused-ring (bicyclic) bond motifs is 1. The quantitative estimate of drug-likeness (QED) is 0.496. The monoisotopic (exact) mass is 405 g/mol. The highest BCUT2D eigenvalue weighted by Gasteiger charge is 2.17. The van der Waals surface area contributed by atoms with E-state index in [0.29, 0.717) is 23.3 Å². The van der Waals surface area contributed by atoms with Crippen molar-refractivity contribution in [1.82, 2.24) is 9.36 Å². The highest BCUT2D eigenvalue weighted by atomic mass is 16.4. The second kappa shape index (κ2) is 7.59. The van der Waals surface area contributed by atoms with E-state index in [0.717, 1.165) is 22.3 Å². The molecule has 2 heterocycles. The number of aromatic nitrogens is 2. The van der Waals surface area contributed by atoms with E-state index in [1.807, 2.05) is 57.3 Å². The first-order valence-electron chi connectivity index (χ1n) is 9.77. The summed E-state index contributed by atoms with van der Waals surface area (Å²) in [7, 11) is 1.83. The van der Waals surface area contributed by atoms with Crippen molar-refractivity contribution in [3.8, 4) is 11.4 Å². The van der Waals surface area contributed by atoms with Crippen LogP contribution in [-0.4, -0.2) is 14.5 Å². The van der Waals surface area contributed by atoms with Crippen molar-refractivity contribution >= 4 is 16.7 Å². The normalized spacial score (nSPS) is 11.2. The van der Waals surface area contributed by atoms with Gasteiger partial charge in [-0.05, 0) is 42.7 Å². The molecule has 0 fully saturated rings. The van der Waals surface area contributed by atoms with Crippen molar-refractivity contribution < 1.29 is 9.52 Å². The minimum absolute atomic E-state index is 0.0999. The third-order valence-corrected chi connectivity index (χ3v) is 5.42. The van der Waals surface area contributed by atoms with Gasteiger partial charge in [-0.15, -0.1) is 0 Å². The SMILES string of the molecule is CCc1cc2c(CNc3c(C)n(C)n(-c4ccccc4)c3=O)cc(=O)oc2cc1O. The minimum atomic E-state index is -0.505. The molecule has 0 aliphatic heterocycles. The number of phenolic OH excluding ortho intramolecular Hbond substituents is 1. The maximum atomic E-state index is 13.1. The van der Waals surface area contributed by atoms with Crippen LogP contribution in [0.5, 0.6) is 5.75 Å². The molecule has 2 N–H and O–H groups in total. The van der Waals surface area contributed by atoms with Gasteiger partial charge >= 0.3 is 5.63 Å². The number of anilines is 1. The molecule has 154 valence electrons. The number of aromatic hydroxyl groups is 1. The van der Waals surface area contributed by atoms with Crippen LogP contribution >= 0.6 is 0 Å². The number of hydrogen-bond acceptors (Lipinski definition) is 5. The van der Waals surface area contributed by atoms with E-state index >= 15 is 0 Å². The van der Waals surface area contributed by atoms with Crippen LogP contribution in [0.25, 0.3) is 16.7 Å². The molecule has 7 nitrogen and oxygen atoms in total. The second-order valence-corrected chi connectivity index (χ2v) is 7.21. The second-order valence-electron chi connectivity index (χ2n) is 7.21. The van der Waals surface area contributed by atoms with E-state index in [4.69, 9.17) is 4.42 Å². The number of rotatable bonds is 5. The predicted octanol–water partition coefficient (Wildman–Crippen LogP) is 3.47. The van der Waals surface area contributed by atoms with Gasteiger partial charge in [0, 0.05) is 31.1 Å². The fourth-order valence-electron chi connectivity index (χ4n) is 3.69. The van der Waals surface area contributed by atoms with Crippen molar-refractivity contribution in [3.63, 3.8) is 0 Å². The number of phenols is 1. The van der Waals surface area contributed by atoms with Gasteiger partial charge in [0.25, 0.3) is 5.56 Å². The van der Waals surface area contributed by atoms with Crippen LogP contribution < -0.4 is 16.5 Å². The summed E-state index contributed by atoms with van der Waals surface area (Å²) >= 11 is 0. The zero-order valence-electron chi connectivity index (χ0n) is 17.1. The summed E-state index contributed by atoms with van der Waals surface area (Å²) in [6.07, 6.45) is 0.646. The van der Waals surface area contributed by atoms with Gasteiger partial charge in [-0.1, -0.05) is 25.1 Å². The zero-order chi connectivity index (χ0) is 21.4. The summed E-state index contributed by atoms with van der Waals surface area (Å²) in [5, 5.41) is 14.0. The van der Waals surface area contributed by atoms with Crippen LogP contribution in [0.1, 0.15) is 23.7 Å². The van der Waals surface area contributed by atoms with Crippen molar-refractivity contribution in [1.29, 1.82) is 0 Å². The Kier molecular flexibility index (Phi) is 4.95. The van der Waals surface area contributed by atoms with Crippen molar-refractivity contribution in [3.05, 3.63) is 86.1 Å². The largest absolute Gasteiger partial charge is 0.508 e. The first-order chi connectivity index (χ1) is 14.4. The fraction of sp³-hybridized carbons (Fsp3) is 0.217. The van der Waals surface area contributed by atoms with Crippen molar-refractivity contribution in [2.24, 2.45) is 7.05 Å². The lowest BCUT2D eigenvalue weighted by Gasteiger charge is -2.10. The molecule has 0 saturated carbocycles. The first-order valence-corrected chi connectivity index (χ1v) is 9.77. The van der Waals surface area contributed by atoms with Crippen LogP contribution in [-0.2, 0) is 20.0 Å². The van der Waals surface area contributed by atoms with E-state index in [2.05, 4.69) is 5.32 Å². The Hall–Kier alpha value is -3.74. The summed E-state index contributed by atoms with van der Waals surface area (Å²) in [5.41, 5.74) is 3.13. The molecule has 0 unspecified atom stereocenters. The molecular weight excluding hydrogens is 382 g/mol. The third kappa shape index (κ3) is 3.28. The summed E-state index contributed by atoms with van der Waals surface area (Å²) in [4.78, 5) is 25.1. The molecule has 0 bridgehead atoms.